The van der Waals surface area contributed by atoms with Crippen LogP contribution in [0.25, 0.3) is 0 Å². The van der Waals surface area contributed by atoms with Gasteiger partial charge in [-0.3, -0.25) is 9.80 Å². The van der Waals surface area contributed by atoms with Gasteiger partial charge < -0.3 is 43.0 Å². The molecule has 2 saturated carbocycles. The lowest BCUT2D eigenvalue weighted by Crippen LogP contribution is -2.35. The predicted octanol–water partition coefficient (Wildman–Crippen LogP) is 13.9. The van der Waals surface area contributed by atoms with Crippen molar-refractivity contribution in [3.63, 3.8) is 0 Å². The average Bonchev–Trinajstić information content (AvgIpc) is 3.90. The number of halogens is 6. The third-order valence-electron chi connectivity index (χ3n) is 14.2. The van der Waals surface area contributed by atoms with Gasteiger partial charge >= 0.3 is 0 Å². The van der Waals surface area contributed by atoms with Gasteiger partial charge in [0.25, 0.3) is 0 Å². The number of anilines is 7. The van der Waals surface area contributed by atoms with Crippen LogP contribution < -0.4 is 43.0 Å². The quantitative estimate of drug-likeness (QED) is 0.0456. The lowest BCUT2D eigenvalue weighted by Gasteiger charge is -2.23. The molecule has 22 heteroatoms. The van der Waals surface area contributed by atoms with Gasteiger partial charge in [0.05, 0.1) is 21.4 Å². The fourth-order valence-electron chi connectivity index (χ4n) is 10.0. The Morgan fingerprint density at radius 2 is 1.01 bits per heavy atom. The maximum atomic E-state index is 6.64. The normalized spacial score (nSPS) is 17.8. The van der Waals surface area contributed by atoms with Crippen molar-refractivity contribution in [2.24, 2.45) is 11.5 Å². The fourth-order valence-corrected chi connectivity index (χ4v) is 11.2. The number of nitrogen functional groups attached to an aromatic ring is 1. The first kappa shape index (κ1) is 69.9. The van der Waals surface area contributed by atoms with Crippen molar-refractivity contribution in [2.75, 3.05) is 96.9 Å². The van der Waals surface area contributed by atoms with Gasteiger partial charge in [0.1, 0.15) is 0 Å². The number of likely N-dealkylation sites (N-methyl/N-ethyl adjacent to an activating group) is 2. The van der Waals surface area contributed by atoms with Crippen molar-refractivity contribution in [3.05, 3.63) is 62.3 Å². The van der Waals surface area contributed by atoms with Gasteiger partial charge in [0.15, 0.2) is 0 Å². The van der Waals surface area contributed by atoms with Crippen LogP contribution in [0.1, 0.15) is 152 Å². The second kappa shape index (κ2) is 39.3. The minimum Gasteiger partial charge on any atom is -0.399 e. The van der Waals surface area contributed by atoms with E-state index in [0.717, 1.165) is 80.7 Å². The lowest BCUT2D eigenvalue weighted by molar-refractivity contribution is 0.272. The molecular weight excluding hydrogens is 1100 g/mol. The molecule has 4 heterocycles. The topological polar surface area (TPSA) is 204 Å². The van der Waals surface area contributed by atoms with Crippen molar-refractivity contribution in [2.45, 2.75) is 176 Å². The van der Waals surface area contributed by atoms with Crippen LogP contribution in [0.3, 0.4) is 0 Å². The van der Waals surface area contributed by atoms with Gasteiger partial charge in [-0.1, -0.05) is 95.8 Å². The Morgan fingerprint density at radius 1 is 0.558 bits per heavy atom. The summed E-state index contributed by atoms with van der Waals surface area (Å²) in [7, 11) is 0. The monoisotopic (exact) mass is 1190 g/mol. The van der Waals surface area contributed by atoms with Gasteiger partial charge in [0.2, 0.25) is 33.7 Å². The highest BCUT2D eigenvalue weighted by Crippen LogP contribution is 2.31. The van der Waals surface area contributed by atoms with Gasteiger partial charge in [-0.25, -0.2) is 0 Å². The summed E-state index contributed by atoms with van der Waals surface area (Å²) >= 11 is 28.7. The summed E-state index contributed by atoms with van der Waals surface area (Å²) in [6.07, 6.45) is 20.6. The Balaban J connectivity index is 0.000000399. The Morgan fingerprint density at radius 3 is 1.48 bits per heavy atom. The third kappa shape index (κ3) is 25.5. The van der Waals surface area contributed by atoms with E-state index >= 15 is 0 Å². The molecule has 0 radical (unpaired) electrons. The molecule has 2 saturated heterocycles. The number of nitrogens with two attached hydrogens (primary N) is 3. The molecule has 2 aromatic heterocycles. The van der Waals surface area contributed by atoms with Crippen LogP contribution in [0.5, 0.6) is 0 Å². The van der Waals surface area contributed by atoms with Crippen molar-refractivity contribution in [1.29, 1.82) is 0 Å². The number of aromatic nitrogens is 6. The first-order valence-corrected chi connectivity index (χ1v) is 29.7. The summed E-state index contributed by atoms with van der Waals surface area (Å²) in [5, 5.41) is 11.9. The standard InChI is InChI=1S/C27H43ClN8.C10H15ClN2.C7H16N2.C7H15N.C3Cl3N3.CH4.ClH/c1-4-35(5-2)24-16-15-21(18-23(24)28)31-27-33-25(29-19-22-14-11-17-36(22)6-3)32-26(34-27)30-20-12-9-7-8-10-13-20;1-3-13(4-2)10-6-5-8(12)7-9(10)11;1-2-9-5-3-4-7(9)6-8;8-7-5-3-1-2-4-6-7;4-1-7-2(5)9-3(6)8-1;;/h15-16,18,20,22H,4-14,17,19H2,1-3H3,(H3,29,30,31,32,33,34);5-7H,3-4,12H2,1-2H3;7H,2-6,8H2,1H3;7H,1-6,8H2;;1H4;1H. The highest BCUT2D eigenvalue weighted by Gasteiger charge is 2.24. The molecule has 2 aliphatic carbocycles. The van der Waals surface area contributed by atoms with Crippen LogP contribution in [0.2, 0.25) is 25.9 Å². The van der Waals surface area contributed by atoms with E-state index in [1.54, 1.807) is 6.07 Å². The van der Waals surface area contributed by atoms with Gasteiger partial charge in [-0.15, -0.1) is 12.4 Å². The van der Waals surface area contributed by atoms with Gasteiger partial charge in [-0.05, 0) is 176 Å². The average molecular weight is 1190 g/mol. The molecule has 4 aromatic rings. The summed E-state index contributed by atoms with van der Waals surface area (Å²) in [5.74, 6) is 1.76. The van der Waals surface area contributed by atoms with Crippen LogP contribution in [-0.4, -0.2) is 129 Å². The summed E-state index contributed by atoms with van der Waals surface area (Å²) in [4.78, 5) is 34.0. The number of hydrogen-bond donors (Lipinski definition) is 6. The van der Waals surface area contributed by atoms with E-state index in [2.05, 4.69) is 98.1 Å². The van der Waals surface area contributed by atoms with E-state index in [0.29, 0.717) is 52.7 Å². The van der Waals surface area contributed by atoms with Crippen LogP contribution in [0, 0.1) is 0 Å². The molecule has 77 heavy (non-hydrogen) atoms. The van der Waals surface area contributed by atoms with Crippen molar-refractivity contribution < 1.29 is 0 Å². The number of benzene rings is 2. The second-order valence-corrected chi connectivity index (χ2v) is 21.2. The molecule has 8 rings (SSSR count). The molecule has 2 atom stereocenters. The second-order valence-electron chi connectivity index (χ2n) is 19.3. The van der Waals surface area contributed by atoms with E-state index in [9.17, 15) is 0 Å². The zero-order chi connectivity index (χ0) is 54.5. The molecule has 2 aliphatic heterocycles. The highest BCUT2D eigenvalue weighted by atomic mass is 35.5. The van der Waals surface area contributed by atoms with Crippen LogP contribution in [0.4, 0.5) is 40.6 Å². The summed E-state index contributed by atoms with van der Waals surface area (Å²) < 4.78 is 0. The Labute approximate surface area is 494 Å². The van der Waals surface area contributed by atoms with Crippen molar-refractivity contribution >= 4 is 111 Å². The largest absolute Gasteiger partial charge is 0.399 e. The molecule has 436 valence electrons. The van der Waals surface area contributed by atoms with E-state index in [1.807, 2.05) is 24.3 Å². The van der Waals surface area contributed by atoms with Crippen LogP contribution in [-0.2, 0) is 0 Å². The molecule has 0 spiro atoms. The summed E-state index contributed by atoms with van der Waals surface area (Å²) in [6, 6.07) is 13.8. The first-order chi connectivity index (χ1) is 36.2. The van der Waals surface area contributed by atoms with E-state index in [-0.39, 0.29) is 35.7 Å². The first-order valence-electron chi connectivity index (χ1n) is 27.8. The predicted molar refractivity (Wildman–Crippen MR) is 335 cm³/mol. The molecule has 0 bridgehead atoms. The minimum atomic E-state index is 0. The van der Waals surface area contributed by atoms with Crippen molar-refractivity contribution in [1.82, 2.24) is 39.7 Å². The zero-order valence-electron chi connectivity index (χ0n) is 46.2. The molecule has 16 nitrogen and oxygen atoms in total. The maximum Gasteiger partial charge on any atom is 0.233 e. The van der Waals surface area contributed by atoms with E-state index in [4.69, 9.17) is 90.2 Å². The number of nitrogens with one attached hydrogen (secondary N) is 3. The zero-order valence-corrected chi connectivity index (χ0v) is 50.8. The Kier molecular flexibility index (Phi) is 35.7. The summed E-state index contributed by atoms with van der Waals surface area (Å²) in [5.41, 5.74) is 20.6. The van der Waals surface area contributed by atoms with Gasteiger partial charge in [0, 0.05) is 74.8 Å². The molecular formula is C55H94Cl6N16. The number of nitrogens with zero attached hydrogens (tertiary/aromatic N) is 10. The SMILES string of the molecule is C.CCN(CC)c1ccc(N)cc1Cl.CCN(CC)c1ccc(Nc2nc(NCC3CCCN3CC)nc(NC3CCCCCC3)n2)cc1Cl.CCN1CCCC1CN.Cl.Clc1nc(Cl)nc(Cl)n1.NC1CCCCCC1. The van der Waals surface area contributed by atoms with Gasteiger partial charge in [-0.2, -0.15) is 29.9 Å². The molecule has 2 aromatic carbocycles. The summed E-state index contributed by atoms with van der Waals surface area (Å²) in [6.45, 7) is 23.0. The van der Waals surface area contributed by atoms with E-state index in [1.165, 1.54) is 110 Å². The highest BCUT2D eigenvalue weighted by molar-refractivity contribution is 6.34. The molecule has 0 amide bonds. The minimum absolute atomic E-state index is 0. The molecule has 4 aliphatic rings. The molecule has 2 unspecified atom stereocenters. The number of rotatable bonds is 16. The number of likely N-dealkylation sites (tertiary alicyclic amines) is 2. The number of hydrogen-bond acceptors (Lipinski definition) is 16. The fraction of sp³-hybridized carbons (Fsp3) is 0.673. The van der Waals surface area contributed by atoms with Crippen LogP contribution >= 0.6 is 70.4 Å². The smallest absolute Gasteiger partial charge is 0.233 e. The Hall–Kier alpha value is -3.16. The molecule has 9 N–H and O–H groups in total. The lowest BCUT2D eigenvalue weighted by atomic mass is 10.1. The van der Waals surface area contributed by atoms with Crippen LogP contribution in [0.15, 0.2) is 36.4 Å². The van der Waals surface area contributed by atoms with E-state index < -0.39 is 0 Å². The van der Waals surface area contributed by atoms with Crippen molar-refractivity contribution in [3.8, 4) is 0 Å². The Bertz CT molecular complexity index is 2130. The third-order valence-corrected chi connectivity index (χ3v) is 15.4. The maximum absolute atomic E-state index is 6.64. The molecule has 4 fully saturated rings.